The van der Waals surface area contributed by atoms with Gasteiger partial charge in [-0.15, -0.1) is 11.3 Å². The average molecular weight is 184 g/mol. The molecule has 2 aromatic rings. The molecule has 3 heteroatoms. The number of aryl methyl sites for hydroxylation is 1. The third-order valence-electron chi connectivity index (χ3n) is 1.46. The van der Waals surface area contributed by atoms with E-state index in [-0.39, 0.29) is 0 Å². The number of thiazole rings is 1. The molecule has 1 aromatic carbocycles. The first-order chi connectivity index (χ1) is 5.25. The van der Waals surface area contributed by atoms with Gasteiger partial charge in [0.05, 0.1) is 15.2 Å². The van der Waals surface area contributed by atoms with Crippen molar-refractivity contribution < 1.29 is 0 Å². The second-order valence-electron chi connectivity index (χ2n) is 2.34. The van der Waals surface area contributed by atoms with Crippen LogP contribution in [0.15, 0.2) is 18.2 Å². The van der Waals surface area contributed by atoms with Crippen molar-refractivity contribution in [2.24, 2.45) is 0 Å². The largest absolute Gasteiger partial charge is 0.241 e. The van der Waals surface area contributed by atoms with Gasteiger partial charge in [0.25, 0.3) is 0 Å². The summed E-state index contributed by atoms with van der Waals surface area (Å²) >= 11 is 7.48. The lowest BCUT2D eigenvalue weighted by Gasteiger charge is -1.86. The van der Waals surface area contributed by atoms with Crippen LogP contribution in [0.3, 0.4) is 0 Å². The number of fused-ring (bicyclic) bond motifs is 1. The lowest BCUT2D eigenvalue weighted by molar-refractivity contribution is 1.35. The molecule has 56 valence electrons. The van der Waals surface area contributed by atoms with Gasteiger partial charge in [-0.05, 0) is 25.1 Å². The van der Waals surface area contributed by atoms with E-state index in [2.05, 4.69) is 4.98 Å². The van der Waals surface area contributed by atoms with Crippen molar-refractivity contribution in [3.8, 4) is 0 Å². The van der Waals surface area contributed by atoms with Crippen LogP contribution in [0.5, 0.6) is 0 Å². The Labute approximate surface area is 73.6 Å². The predicted molar refractivity (Wildman–Crippen MR) is 49.4 cm³/mol. The van der Waals surface area contributed by atoms with E-state index in [9.17, 15) is 0 Å². The minimum Gasteiger partial charge on any atom is -0.241 e. The van der Waals surface area contributed by atoms with Crippen molar-refractivity contribution in [3.05, 3.63) is 28.2 Å². The standard InChI is InChI=1S/C8H6ClNS/c1-5-10-7-4-6(9)2-3-8(7)11-5/h2-4H,1H3. The van der Waals surface area contributed by atoms with Crippen LogP contribution in [0.2, 0.25) is 5.02 Å². The summed E-state index contributed by atoms with van der Waals surface area (Å²) in [5.74, 6) is 0. The van der Waals surface area contributed by atoms with Gasteiger partial charge in [0, 0.05) is 5.02 Å². The molecule has 0 bridgehead atoms. The third kappa shape index (κ3) is 1.24. The molecule has 2 rings (SSSR count). The Hall–Kier alpha value is -0.600. The molecule has 0 saturated heterocycles. The summed E-state index contributed by atoms with van der Waals surface area (Å²) in [5.41, 5.74) is 1.00. The van der Waals surface area contributed by atoms with Crippen LogP contribution in [-0.4, -0.2) is 4.98 Å². The molecule has 0 aliphatic rings. The van der Waals surface area contributed by atoms with Gasteiger partial charge in [-0.2, -0.15) is 0 Å². The molecule has 0 radical (unpaired) electrons. The lowest BCUT2D eigenvalue weighted by Crippen LogP contribution is -1.67. The van der Waals surface area contributed by atoms with Gasteiger partial charge in [0.15, 0.2) is 0 Å². The first kappa shape index (κ1) is 7.07. The molecular weight excluding hydrogens is 178 g/mol. The monoisotopic (exact) mass is 183 g/mol. The smallest absolute Gasteiger partial charge is 0.0907 e. The SMILES string of the molecule is Cc1nc2cc(Cl)ccc2s1. The maximum Gasteiger partial charge on any atom is 0.0907 e. The van der Waals surface area contributed by atoms with Gasteiger partial charge in [0.2, 0.25) is 0 Å². The molecule has 1 heterocycles. The maximum atomic E-state index is 5.79. The number of halogens is 1. The Morgan fingerprint density at radius 2 is 2.27 bits per heavy atom. The van der Waals surface area contributed by atoms with Crippen LogP contribution in [0.1, 0.15) is 5.01 Å². The average Bonchev–Trinajstić information content (AvgIpc) is 2.27. The molecule has 0 amide bonds. The maximum absolute atomic E-state index is 5.79. The number of nitrogens with zero attached hydrogens (tertiary/aromatic N) is 1. The Bertz CT molecular complexity index is 394. The summed E-state index contributed by atoms with van der Waals surface area (Å²) in [7, 11) is 0. The zero-order valence-electron chi connectivity index (χ0n) is 5.97. The van der Waals surface area contributed by atoms with Crippen molar-refractivity contribution in [1.29, 1.82) is 0 Å². The van der Waals surface area contributed by atoms with Crippen molar-refractivity contribution in [1.82, 2.24) is 4.98 Å². The fourth-order valence-corrected chi connectivity index (χ4v) is 1.99. The van der Waals surface area contributed by atoms with E-state index in [1.807, 2.05) is 25.1 Å². The summed E-state index contributed by atoms with van der Waals surface area (Å²) in [4.78, 5) is 4.31. The third-order valence-corrected chi connectivity index (χ3v) is 2.64. The number of aromatic nitrogens is 1. The number of rotatable bonds is 0. The molecule has 0 fully saturated rings. The fourth-order valence-electron chi connectivity index (χ4n) is 1.02. The molecule has 0 N–H and O–H groups in total. The van der Waals surface area contributed by atoms with Crippen molar-refractivity contribution >= 4 is 33.2 Å². The van der Waals surface area contributed by atoms with Gasteiger partial charge in [-0.25, -0.2) is 4.98 Å². The van der Waals surface area contributed by atoms with Crippen LogP contribution in [-0.2, 0) is 0 Å². The first-order valence-corrected chi connectivity index (χ1v) is 4.48. The molecule has 0 saturated carbocycles. The summed E-state index contributed by atoms with van der Waals surface area (Å²) < 4.78 is 1.20. The molecule has 11 heavy (non-hydrogen) atoms. The van der Waals surface area contributed by atoms with E-state index < -0.39 is 0 Å². The van der Waals surface area contributed by atoms with Gasteiger partial charge in [0.1, 0.15) is 0 Å². The van der Waals surface area contributed by atoms with Crippen LogP contribution in [0, 0.1) is 6.92 Å². The summed E-state index contributed by atoms with van der Waals surface area (Å²) in [6, 6.07) is 5.78. The molecule has 0 spiro atoms. The van der Waals surface area contributed by atoms with E-state index in [4.69, 9.17) is 11.6 Å². The first-order valence-electron chi connectivity index (χ1n) is 3.28. The highest BCUT2D eigenvalue weighted by atomic mass is 35.5. The predicted octanol–water partition coefficient (Wildman–Crippen LogP) is 3.26. The van der Waals surface area contributed by atoms with Crippen LogP contribution in [0.25, 0.3) is 10.2 Å². The minimum atomic E-state index is 0.753. The highest BCUT2D eigenvalue weighted by Crippen LogP contribution is 2.23. The Morgan fingerprint density at radius 3 is 3.09 bits per heavy atom. The summed E-state index contributed by atoms with van der Waals surface area (Å²) in [5, 5.41) is 1.84. The van der Waals surface area contributed by atoms with Crippen LogP contribution < -0.4 is 0 Å². The topological polar surface area (TPSA) is 12.9 Å². The van der Waals surface area contributed by atoms with E-state index in [0.717, 1.165) is 15.5 Å². The molecule has 0 aliphatic carbocycles. The number of hydrogen-bond acceptors (Lipinski definition) is 2. The van der Waals surface area contributed by atoms with Gasteiger partial charge in [-0.1, -0.05) is 11.6 Å². The zero-order chi connectivity index (χ0) is 7.84. The molecule has 0 atom stereocenters. The van der Waals surface area contributed by atoms with Gasteiger partial charge >= 0.3 is 0 Å². The van der Waals surface area contributed by atoms with E-state index in [1.54, 1.807) is 11.3 Å². The molecule has 0 unspecified atom stereocenters. The summed E-state index contributed by atoms with van der Waals surface area (Å²) in [6.07, 6.45) is 0. The quantitative estimate of drug-likeness (QED) is 0.611. The minimum absolute atomic E-state index is 0.753. The molecule has 1 aromatic heterocycles. The molecule has 1 nitrogen and oxygen atoms in total. The Kier molecular flexibility index (Phi) is 1.59. The highest BCUT2D eigenvalue weighted by molar-refractivity contribution is 7.18. The number of benzene rings is 1. The summed E-state index contributed by atoms with van der Waals surface area (Å²) in [6.45, 7) is 2.00. The fraction of sp³-hybridized carbons (Fsp3) is 0.125. The van der Waals surface area contributed by atoms with Crippen molar-refractivity contribution in [3.63, 3.8) is 0 Å². The van der Waals surface area contributed by atoms with Crippen LogP contribution >= 0.6 is 22.9 Å². The number of hydrogen-bond donors (Lipinski definition) is 0. The van der Waals surface area contributed by atoms with Crippen molar-refractivity contribution in [2.45, 2.75) is 6.92 Å². The van der Waals surface area contributed by atoms with Crippen LogP contribution in [0.4, 0.5) is 0 Å². The lowest BCUT2D eigenvalue weighted by atomic mass is 10.3. The van der Waals surface area contributed by atoms with E-state index in [1.165, 1.54) is 4.70 Å². The zero-order valence-corrected chi connectivity index (χ0v) is 7.54. The second-order valence-corrected chi connectivity index (χ2v) is 4.02. The second kappa shape index (κ2) is 2.47. The van der Waals surface area contributed by atoms with E-state index in [0.29, 0.717) is 0 Å². The van der Waals surface area contributed by atoms with E-state index >= 15 is 0 Å². The normalized spacial score (nSPS) is 10.7. The van der Waals surface area contributed by atoms with Gasteiger partial charge in [-0.3, -0.25) is 0 Å². The van der Waals surface area contributed by atoms with Crippen molar-refractivity contribution in [2.75, 3.05) is 0 Å². The highest BCUT2D eigenvalue weighted by Gasteiger charge is 1.98. The Morgan fingerprint density at radius 1 is 1.45 bits per heavy atom. The Balaban J connectivity index is 2.82. The van der Waals surface area contributed by atoms with Gasteiger partial charge < -0.3 is 0 Å². The molecular formula is C8H6ClNS. The molecule has 0 aliphatic heterocycles.